The zero-order valence-corrected chi connectivity index (χ0v) is 13.2. The van der Waals surface area contributed by atoms with Crippen molar-refractivity contribution in [2.24, 2.45) is 5.41 Å². The monoisotopic (exact) mass is 317 g/mol. The number of sulfone groups is 1. The fourth-order valence-electron chi connectivity index (χ4n) is 1.64. The van der Waals surface area contributed by atoms with Gasteiger partial charge in [0.05, 0.1) is 28.7 Å². The molecule has 1 heterocycles. The first-order chi connectivity index (χ1) is 7.90. The van der Waals surface area contributed by atoms with Crippen LogP contribution < -0.4 is 4.72 Å². The molecule has 1 N–H and O–H groups in total. The van der Waals surface area contributed by atoms with Crippen LogP contribution in [0.2, 0.25) is 0 Å². The molecule has 1 saturated heterocycles. The van der Waals surface area contributed by atoms with Crippen molar-refractivity contribution in [2.75, 3.05) is 17.3 Å². The minimum absolute atomic E-state index is 0.0172. The van der Waals surface area contributed by atoms with Crippen molar-refractivity contribution in [3.8, 4) is 0 Å². The topological polar surface area (TPSA) is 80.3 Å². The van der Waals surface area contributed by atoms with Gasteiger partial charge in [-0.1, -0.05) is 20.8 Å². The van der Waals surface area contributed by atoms with Crippen LogP contribution in [0, 0.1) is 5.41 Å². The third kappa shape index (κ3) is 5.42. The lowest BCUT2D eigenvalue weighted by Gasteiger charge is -2.20. The molecular weight excluding hydrogens is 298 g/mol. The molecule has 0 bridgehead atoms. The predicted molar refractivity (Wildman–Crippen MR) is 73.1 cm³/mol. The van der Waals surface area contributed by atoms with E-state index in [9.17, 15) is 16.8 Å². The van der Waals surface area contributed by atoms with E-state index < -0.39 is 31.3 Å². The van der Waals surface area contributed by atoms with Crippen LogP contribution in [-0.2, 0) is 19.9 Å². The minimum atomic E-state index is -3.48. The first-order valence-electron chi connectivity index (χ1n) is 5.75. The van der Waals surface area contributed by atoms with E-state index >= 15 is 0 Å². The van der Waals surface area contributed by atoms with Crippen molar-refractivity contribution in [1.82, 2.24) is 4.72 Å². The summed E-state index contributed by atoms with van der Waals surface area (Å²) in [5.41, 5.74) is -0.0864. The lowest BCUT2D eigenvalue weighted by molar-refractivity contribution is 0.396. The zero-order valence-electron chi connectivity index (χ0n) is 10.8. The lowest BCUT2D eigenvalue weighted by Crippen LogP contribution is -2.42. The van der Waals surface area contributed by atoms with Crippen LogP contribution in [0.25, 0.3) is 0 Å². The molecule has 1 rings (SSSR count). The van der Waals surface area contributed by atoms with Crippen LogP contribution in [0.3, 0.4) is 0 Å². The molecule has 2 unspecified atom stereocenters. The molecule has 1 aliphatic heterocycles. The van der Waals surface area contributed by atoms with Crippen LogP contribution in [-0.4, -0.2) is 45.5 Å². The van der Waals surface area contributed by atoms with E-state index in [1.165, 1.54) is 0 Å². The van der Waals surface area contributed by atoms with E-state index in [4.69, 9.17) is 11.6 Å². The first-order valence-corrected chi connectivity index (χ1v) is 9.66. The van der Waals surface area contributed by atoms with Crippen molar-refractivity contribution in [3.05, 3.63) is 0 Å². The van der Waals surface area contributed by atoms with Gasteiger partial charge >= 0.3 is 0 Å². The number of alkyl halides is 1. The molecule has 8 heteroatoms. The van der Waals surface area contributed by atoms with Gasteiger partial charge in [0.15, 0.2) is 9.84 Å². The Balaban J connectivity index is 2.62. The first kappa shape index (κ1) is 16.2. The fraction of sp³-hybridized carbons (Fsp3) is 1.00. The summed E-state index contributed by atoms with van der Waals surface area (Å²) in [6, 6.07) is -0.707. The fourth-order valence-corrected chi connectivity index (χ4v) is 6.08. The molecule has 0 aromatic heterocycles. The Morgan fingerprint density at radius 2 is 1.83 bits per heavy atom. The Bertz CT molecular complexity index is 492. The van der Waals surface area contributed by atoms with E-state index in [1.54, 1.807) is 0 Å². The molecule has 18 heavy (non-hydrogen) atoms. The van der Waals surface area contributed by atoms with Crippen LogP contribution in [0.1, 0.15) is 27.2 Å². The summed E-state index contributed by atoms with van der Waals surface area (Å²) < 4.78 is 48.7. The average Bonchev–Trinajstić information content (AvgIpc) is 2.35. The van der Waals surface area contributed by atoms with Gasteiger partial charge in [-0.2, -0.15) is 0 Å². The molecule has 1 fully saturated rings. The quantitative estimate of drug-likeness (QED) is 0.776. The van der Waals surface area contributed by atoms with Gasteiger partial charge in [-0.15, -0.1) is 11.6 Å². The van der Waals surface area contributed by atoms with Crippen LogP contribution in [0.15, 0.2) is 0 Å². The van der Waals surface area contributed by atoms with Crippen molar-refractivity contribution < 1.29 is 16.8 Å². The number of rotatable bonds is 4. The van der Waals surface area contributed by atoms with E-state index in [-0.39, 0.29) is 22.7 Å². The highest BCUT2D eigenvalue weighted by Gasteiger charge is 2.38. The summed E-state index contributed by atoms with van der Waals surface area (Å²) in [5.74, 6) is -0.395. The summed E-state index contributed by atoms with van der Waals surface area (Å²) in [5, 5.41) is -0.681. The zero-order chi connectivity index (χ0) is 14.2. The average molecular weight is 318 g/mol. The number of halogens is 1. The van der Waals surface area contributed by atoms with Gasteiger partial charge in [0, 0.05) is 0 Å². The molecule has 0 aliphatic carbocycles. The van der Waals surface area contributed by atoms with Crippen LogP contribution in [0.4, 0.5) is 0 Å². The summed E-state index contributed by atoms with van der Waals surface area (Å²) in [6.45, 7) is 5.85. The SMILES string of the molecule is CC(C)(C)CCS(=O)(=O)NC1CS(=O)(=O)CC1Cl. The third-order valence-corrected chi connectivity index (χ3v) is 6.51. The van der Waals surface area contributed by atoms with Gasteiger partial charge in [0.1, 0.15) is 0 Å². The summed E-state index contributed by atoms with van der Waals surface area (Å²) in [4.78, 5) is 0. The summed E-state index contributed by atoms with van der Waals surface area (Å²) in [7, 11) is -6.70. The molecule has 5 nitrogen and oxygen atoms in total. The summed E-state index contributed by atoms with van der Waals surface area (Å²) in [6.07, 6.45) is 0.509. The van der Waals surface area contributed by atoms with Crippen molar-refractivity contribution >= 4 is 31.5 Å². The molecule has 0 radical (unpaired) electrons. The molecule has 1 aliphatic rings. The van der Waals surface area contributed by atoms with Crippen molar-refractivity contribution in [3.63, 3.8) is 0 Å². The molecule has 108 valence electrons. The van der Waals surface area contributed by atoms with Gasteiger partial charge < -0.3 is 0 Å². The molecule has 0 amide bonds. The minimum Gasteiger partial charge on any atom is -0.229 e. The highest BCUT2D eigenvalue weighted by molar-refractivity contribution is 7.92. The molecular formula is C10H20ClNO4S2. The summed E-state index contributed by atoms with van der Waals surface area (Å²) >= 11 is 5.85. The van der Waals surface area contributed by atoms with Gasteiger partial charge in [-0.3, -0.25) is 0 Å². The van der Waals surface area contributed by atoms with Crippen LogP contribution in [0.5, 0.6) is 0 Å². The molecule has 0 spiro atoms. The van der Waals surface area contributed by atoms with E-state index in [0.29, 0.717) is 6.42 Å². The normalized spacial score (nSPS) is 28.4. The maximum Gasteiger partial charge on any atom is 0.211 e. The third-order valence-electron chi connectivity index (χ3n) is 2.73. The second-order valence-electron chi connectivity index (χ2n) is 5.95. The Morgan fingerprint density at radius 3 is 2.22 bits per heavy atom. The van der Waals surface area contributed by atoms with E-state index in [2.05, 4.69) is 4.72 Å². The standard InChI is InChI=1S/C10H20ClNO4S2/c1-10(2,3)4-5-18(15,16)12-9-7-17(13,14)6-8(9)11/h8-9,12H,4-7H2,1-3H3. The maximum absolute atomic E-state index is 11.8. The Hall–Kier alpha value is 0.150. The Morgan fingerprint density at radius 1 is 1.28 bits per heavy atom. The van der Waals surface area contributed by atoms with Gasteiger partial charge in [0.2, 0.25) is 10.0 Å². The predicted octanol–water partition coefficient (Wildman–Crippen LogP) is 0.746. The molecule has 0 aromatic carbocycles. The number of nitrogens with one attached hydrogen (secondary N) is 1. The van der Waals surface area contributed by atoms with Crippen molar-refractivity contribution in [2.45, 2.75) is 38.6 Å². The maximum atomic E-state index is 11.8. The molecule has 0 saturated carbocycles. The second kappa shape index (κ2) is 5.26. The number of sulfonamides is 1. The second-order valence-corrected chi connectivity index (χ2v) is 10.5. The Labute approximate surface area is 114 Å². The highest BCUT2D eigenvalue weighted by atomic mass is 35.5. The molecule has 0 aromatic rings. The highest BCUT2D eigenvalue weighted by Crippen LogP contribution is 2.21. The largest absolute Gasteiger partial charge is 0.229 e. The number of hydrogen-bond donors (Lipinski definition) is 1. The smallest absolute Gasteiger partial charge is 0.211 e. The number of hydrogen-bond acceptors (Lipinski definition) is 4. The van der Waals surface area contributed by atoms with Gasteiger partial charge in [0.25, 0.3) is 0 Å². The van der Waals surface area contributed by atoms with E-state index in [1.807, 2.05) is 20.8 Å². The molecule has 2 atom stereocenters. The van der Waals surface area contributed by atoms with Crippen LogP contribution >= 0.6 is 11.6 Å². The van der Waals surface area contributed by atoms with Gasteiger partial charge in [-0.05, 0) is 11.8 Å². The van der Waals surface area contributed by atoms with E-state index in [0.717, 1.165) is 0 Å². The van der Waals surface area contributed by atoms with Crippen molar-refractivity contribution in [1.29, 1.82) is 0 Å². The lowest BCUT2D eigenvalue weighted by atomic mass is 9.94. The van der Waals surface area contributed by atoms with Gasteiger partial charge in [-0.25, -0.2) is 21.6 Å². The Kier molecular flexibility index (Phi) is 4.74.